The van der Waals surface area contributed by atoms with Gasteiger partial charge in [-0.15, -0.1) is 0 Å². The summed E-state index contributed by atoms with van der Waals surface area (Å²) in [6, 6.07) is 16.7. The van der Waals surface area contributed by atoms with Crippen molar-refractivity contribution in [3.05, 3.63) is 83.3 Å². The molecule has 0 saturated carbocycles. The quantitative estimate of drug-likeness (QED) is 0.653. The van der Waals surface area contributed by atoms with E-state index in [-0.39, 0.29) is 23.5 Å². The lowest BCUT2D eigenvalue weighted by atomic mass is 9.76. The van der Waals surface area contributed by atoms with E-state index < -0.39 is 10.0 Å². The highest BCUT2D eigenvalue weighted by atomic mass is 32.2. The van der Waals surface area contributed by atoms with Gasteiger partial charge >= 0.3 is 0 Å². The highest BCUT2D eigenvalue weighted by Gasteiger charge is 2.27. The maximum atomic E-state index is 12.5. The summed E-state index contributed by atoms with van der Waals surface area (Å²) in [6.45, 7) is 0.222. The molecule has 0 fully saturated rings. The molecule has 3 aromatic rings. The molecule has 2 unspecified atom stereocenters. The SMILES string of the molecule is Cn1cnc(S(=O)(=O)NCc2ccc3c(c2)C(Cc2ccccc2)C(N)CC3)c1. The molecular weight excluding hydrogens is 384 g/mol. The molecule has 1 heterocycles. The topological polar surface area (TPSA) is 90.0 Å². The number of fused-ring (bicyclic) bond motifs is 1. The van der Waals surface area contributed by atoms with Crippen molar-refractivity contribution in [1.82, 2.24) is 14.3 Å². The molecule has 1 aliphatic rings. The Hall–Kier alpha value is -2.48. The van der Waals surface area contributed by atoms with Gasteiger partial charge in [0.2, 0.25) is 0 Å². The van der Waals surface area contributed by atoms with Crippen LogP contribution in [0.4, 0.5) is 0 Å². The minimum atomic E-state index is -3.64. The Balaban J connectivity index is 1.55. The van der Waals surface area contributed by atoms with Crippen LogP contribution >= 0.6 is 0 Å². The Morgan fingerprint density at radius 2 is 1.97 bits per heavy atom. The van der Waals surface area contributed by atoms with Gasteiger partial charge in [-0.05, 0) is 41.5 Å². The Bertz CT molecular complexity index is 1090. The fourth-order valence-electron chi connectivity index (χ4n) is 3.99. The first kappa shape index (κ1) is 19.8. The van der Waals surface area contributed by atoms with Crippen molar-refractivity contribution >= 4 is 10.0 Å². The van der Waals surface area contributed by atoms with E-state index in [1.807, 2.05) is 24.3 Å². The number of nitrogens with zero attached hydrogens (tertiary/aromatic N) is 2. The molecule has 0 radical (unpaired) electrons. The number of benzene rings is 2. The normalized spacial score (nSPS) is 19.1. The summed E-state index contributed by atoms with van der Waals surface area (Å²) >= 11 is 0. The summed E-state index contributed by atoms with van der Waals surface area (Å²) in [5.41, 5.74) is 11.2. The van der Waals surface area contributed by atoms with Crippen LogP contribution in [0, 0.1) is 0 Å². The Labute approximate surface area is 171 Å². The number of aryl methyl sites for hydroxylation is 2. The third kappa shape index (κ3) is 4.42. The molecule has 2 aromatic carbocycles. The van der Waals surface area contributed by atoms with E-state index in [1.54, 1.807) is 11.6 Å². The first-order chi connectivity index (χ1) is 13.9. The van der Waals surface area contributed by atoms with Gasteiger partial charge in [0, 0.05) is 31.7 Å². The molecule has 4 rings (SSSR count). The molecule has 2 atom stereocenters. The molecule has 29 heavy (non-hydrogen) atoms. The summed E-state index contributed by atoms with van der Waals surface area (Å²) in [7, 11) is -1.90. The van der Waals surface area contributed by atoms with Crippen LogP contribution in [0.3, 0.4) is 0 Å². The molecule has 152 valence electrons. The number of nitrogens with two attached hydrogens (primary N) is 1. The Morgan fingerprint density at radius 3 is 2.69 bits per heavy atom. The molecule has 3 N–H and O–H groups in total. The van der Waals surface area contributed by atoms with E-state index in [0.717, 1.165) is 24.8 Å². The summed E-state index contributed by atoms with van der Waals surface area (Å²) in [4.78, 5) is 3.93. The van der Waals surface area contributed by atoms with Crippen LogP contribution in [0.5, 0.6) is 0 Å². The van der Waals surface area contributed by atoms with E-state index in [1.165, 1.54) is 29.2 Å². The molecular formula is C22H26N4O2S. The van der Waals surface area contributed by atoms with Crippen LogP contribution in [0.15, 0.2) is 66.1 Å². The third-order valence-electron chi connectivity index (χ3n) is 5.59. The molecule has 1 aromatic heterocycles. The Kier molecular flexibility index (Phi) is 5.54. The molecule has 1 aliphatic carbocycles. The average Bonchev–Trinajstić information content (AvgIpc) is 3.17. The molecule has 0 amide bonds. The second kappa shape index (κ2) is 8.10. The van der Waals surface area contributed by atoms with Gasteiger partial charge in [-0.25, -0.2) is 18.1 Å². The fraction of sp³-hybridized carbons (Fsp3) is 0.318. The lowest BCUT2D eigenvalue weighted by molar-refractivity contribution is 0.467. The summed E-state index contributed by atoms with van der Waals surface area (Å²) in [5, 5.41) is 0.0296. The van der Waals surface area contributed by atoms with Crippen LogP contribution in [-0.4, -0.2) is 24.0 Å². The van der Waals surface area contributed by atoms with Crippen molar-refractivity contribution in [1.29, 1.82) is 0 Å². The largest absolute Gasteiger partial charge is 0.339 e. The highest BCUT2D eigenvalue weighted by Crippen LogP contribution is 2.34. The maximum absolute atomic E-state index is 12.5. The van der Waals surface area contributed by atoms with E-state index >= 15 is 0 Å². The minimum absolute atomic E-state index is 0.0296. The van der Waals surface area contributed by atoms with Crippen molar-refractivity contribution < 1.29 is 8.42 Å². The van der Waals surface area contributed by atoms with Gasteiger partial charge in [-0.1, -0.05) is 48.5 Å². The molecule has 0 bridgehead atoms. The zero-order chi connectivity index (χ0) is 20.4. The number of sulfonamides is 1. The second-order valence-corrected chi connectivity index (χ2v) is 9.45. The van der Waals surface area contributed by atoms with E-state index in [9.17, 15) is 8.42 Å². The standard InChI is InChI=1S/C22H26N4O2S/c1-26-14-22(24-15-26)29(27,28)25-13-17-7-8-18-9-10-21(23)20(19(18)12-17)11-16-5-3-2-4-6-16/h2-8,12,14-15,20-21,25H,9-11,13,23H2,1H3. The maximum Gasteiger partial charge on any atom is 0.259 e. The first-order valence-corrected chi connectivity index (χ1v) is 11.3. The number of nitrogens with one attached hydrogen (secondary N) is 1. The number of rotatable bonds is 6. The van der Waals surface area contributed by atoms with Crippen molar-refractivity contribution in [2.75, 3.05) is 0 Å². The van der Waals surface area contributed by atoms with Crippen molar-refractivity contribution in [3.63, 3.8) is 0 Å². The van der Waals surface area contributed by atoms with Crippen LogP contribution < -0.4 is 10.5 Å². The van der Waals surface area contributed by atoms with Gasteiger partial charge in [0.1, 0.15) is 0 Å². The summed E-state index contributed by atoms with van der Waals surface area (Å²) in [6.07, 6.45) is 5.78. The number of aromatic nitrogens is 2. The van der Waals surface area contributed by atoms with E-state index in [2.05, 4.69) is 34.0 Å². The van der Waals surface area contributed by atoms with Crippen molar-refractivity contribution in [3.8, 4) is 0 Å². The van der Waals surface area contributed by atoms with Gasteiger partial charge < -0.3 is 10.3 Å². The van der Waals surface area contributed by atoms with Gasteiger partial charge in [0.15, 0.2) is 5.03 Å². The van der Waals surface area contributed by atoms with Crippen LogP contribution in [0.25, 0.3) is 0 Å². The predicted octanol–water partition coefficient (Wildman–Crippen LogP) is 2.50. The van der Waals surface area contributed by atoms with Gasteiger partial charge in [0.05, 0.1) is 6.33 Å². The average molecular weight is 411 g/mol. The van der Waals surface area contributed by atoms with Crippen LogP contribution in [0.1, 0.15) is 34.6 Å². The van der Waals surface area contributed by atoms with Crippen molar-refractivity contribution in [2.24, 2.45) is 12.8 Å². The first-order valence-electron chi connectivity index (χ1n) is 9.81. The minimum Gasteiger partial charge on any atom is -0.339 e. The number of hydrogen-bond donors (Lipinski definition) is 2. The monoisotopic (exact) mass is 410 g/mol. The molecule has 0 aliphatic heterocycles. The van der Waals surface area contributed by atoms with Gasteiger partial charge in [-0.2, -0.15) is 0 Å². The molecule has 7 heteroatoms. The number of hydrogen-bond acceptors (Lipinski definition) is 4. The predicted molar refractivity (Wildman–Crippen MR) is 113 cm³/mol. The second-order valence-electron chi connectivity index (χ2n) is 7.73. The fourth-order valence-corrected chi connectivity index (χ4v) is 4.99. The van der Waals surface area contributed by atoms with Gasteiger partial charge in [0.25, 0.3) is 10.0 Å². The van der Waals surface area contributed by atoms with E-state index in [0.29, 0.717) is 0 Å². The lowest BCUT2D eigenvalue weighted by Gasteiger charge is -2.32. The molecule has 0 spiro atoms. The summed E-state index contributed by atoms with van der Waals surface area (Å²) in [5.74, 6) is 0.230. The number of imidazole rings is 1. The van der Waals surface area contributed by atoms with Crippen LogP contribution in [0.2, 0.25) is 0 Å². The summed E-state index contributed by atoms with van der Waals surface area (Å²) < 4.78 is 29.2. The van der Waals surface area contributed by atoms with Crippen LogP contribution in [-0.2, 0) is 36.5 Å². The molecule has 6 nitrogen and oxygen atoms in total. The lowest BCUT2D eigenvalue weighted by Crippen LogP contribution is -2.34. The van der Waals surface area contributed by atoms with Crippen molar-refractivity contribution in [2.45, 2.75) is 42.8 Å². The highest BCUT2D eigenvalue weighted by molar-refractivity contribution is 7.89. The molecule has 0 saturated heterocycles. The van der Waals surface area contributed by atoms with E-state index in [4.69, 9.17) is 5.73 Å². The van der Waals surface area contributed by atoms with Gasteiger partial charge in [-0.3, -0.25) is 0 Å². The zero-order valence-corrected chi connectivity index (χ0v) is 17.3. The Morgan fingerprint density at radius 1 is 1.17 bits per heavy atom. The third-order valence-corrected chi connectivity index (χ3v) is 6.88. The zero-order valence-electron chi connectivity index (χ0n) is 16.5. The smallest absolute Gasteiger partial charge is 0.259 e.